The van der Waals surface area contributed by atoms with Crippen molar-refractivity contribution in [2.75, 3.05) is 13.2 Å². The van der Waals surface area contributed by atoms with Gasteiger partial charge in [-0.25, -0.2) is 4.98 Å². The van der Waals surface area contributed by atoms with E-state index in [0.717, 1.165) is 36.8 Å². The Kier molecular flexibility index (Phi) is 4.42. The van der Waals surface area contributed by atoms with Crippen LogP contribution >= 0.6 is 11.8 Å². The molecule has 2 N–H and O–H groups in total. The minimum atomic E-state index is 0.574. The maximum Gasteiger partial charge on any atom is 0.101 e. The van der Waals surface area contributed by atoms with Crippen LogP contribution in [0.1, 0.15) is 29.7 Å². The van der Waals surface area contributed by atoms with Crippen molar-refractivity contribution in [3.63, 3.8) is 0 Å². The molecular formula is C13H20N2OS. The lowest BCUT2D eigenvalue weighted by atomic mass is 10.1. The maximum absolute atomic E-state index is 5.83. The second-order valence-electron chi connectivity index (χ2n) is 4.50. The summed E-state index contributed by atoms with van der Waals surface area (Å²) < 4.78 is 5.38. The summed E-state index contributed by atoms with van der Waals surface area (Å²) in [7, 11) is 0. The number of ether oxygens (including phenoxy) is 1. The molecule has 0 amide bonds. The Morgan fingerprint density at radius 1 is 1.41 bits per heavy atom. The first-order valence-electron chi connectivity index (χ1n) is 6.12. The highest BCUT2D eigenvalue weighted by atomic mass is 32.2. The number of hydrogen-bond acceptors (Lipinski definition) is 4. The van der Waals surface area contributed by atoms with E-state index in [1.807, 2.05) is 18.7 Å². The van der Waals surface area contributed by atoms with Gasteiger partial charge >= 0.3 is 0 Å². The molecule has 1 aromatic heterocycles. The van der Waals surface area contributed by atoms with Crippen molar-refractivity contribution in [2.24, 2.45) is 5.73 Å². The third-order valence-corrected chi connectivity index (χ3v) is 4.45. The number of rotatable bonds is 3. The minimum Gasteiger partial charge on any atom is -0.381 e. The van der Waals surface area contributed by atoms with E-state index in [1.54, 1.807) is 0 Å². The average Bonchev–Trinajstić information content (AvgIpc) is 2.30. The summed E-state index contributed by atoms with van der Waals surface area (Å²) in [6, 6.07) is 2.11. The number of nitrogens with zero attached hydrogens (tertiary/aromatic N) is 1. The Hall–Kier alpha value is -0.580. The largest absolute Gasteiger partial charge is 0.381 e. The van der Waals surface area contributed by atoms with Crippen LogP contribution in [0.15, 0.2) is 11.1 Å². The summed E-state index contributed by atoms with van der Waals surface area (Å²) in [5, 5.41) is 1.75. The van der Waals surface area contributed by atoms with Crippen LogP contribution in [0, 0.1) is 13.8 Å². The van der Waals surface area contributed by atoms with Crippen molar-refractivity contribution in [1.29, 1.82) is 0 Å². The van der Waals surface area contributed by atoms with Crippen LogP contribution in [0.2, 0.25) is 0 Å². The highest BCUT2D eigenvalue weighted by molar-refractivity contribution is 7.99. The molecule has 2 heterocycles. The summed E-state index contributed by atoms with van der Waals surface area (Å²) in [6.45, 7) is 6.48. The van der Waals surface area contributed by atoms with E-state index in [2.05, 4.69) is 18.0 Å². The summed E-state index contributed by atoms with van der Waals surface area (Å²) in [6.07, 6.45) is 2.23. The van der Waals surface area contributed by atoms with Gasteiger partial charge in [-0.3, -0.25) is 0 Å². The molecule has 2 rings (SSSR count). The van der Waals surface area contributed by atoms with E-state index >= 15 is 0 Å². The quantitative estimate of drug-likeness (QED) is 0.897. The molecule has 1 aliphatic heterocycles. The van der Waals surface area contributed by atoms with Crippen molar-refractivity contribution in [1.82, 2.24) is 4.98 Å². The highest BCUT2D eigenvalue weighted by Gasteiger charge is 2.18. The van der Waals surface area contributed by atoms with Crippen LogP contribution in [-0.4, -0.2) is 23.4 Å². The van der Waals surface area contributed by atoms with Crippen LogP contribution in [0.3, 0.4) is 0 Å². The molecule has 94 valence electrons. The number of nitrogens with two attached hydrogens (primary N) is 1. The molecule has 0 atom stereocenters. The number of thioether (sulfide) groups is 1. The molecule has 0 unspecified atom stereocenters. The van der Waals surface area contributed by atoms with Crippen LogP contribution in [0.25, 0.3) is 0 Å². The van der Waals surface area contributed by atoms with Gasteiger partial charge in [-0.15, -0.1) is 11.8 Å². The fourth-order valence-electron chi connectivity index (χ4n) is 2.13. The first-order chi connectivity index (χ1) is 8.20. The summed E-state index contributed by atoms with van der Waals surface area (Å²) in [5.41, 5.74) is 9.37. The standard InChI is InChI=1S/C13H20N2OS/c1-9-7-10(2)15-13(12(9)8-14)17-11-3-5-16-6-4-11/h7,11H,3-6,8,14H2,1-2H3. The molecule has 1 saturated heterocycles. The van der Waals surface area contributed by atoms with Crippen LogP contribution in [0.4, 0.5) is 0 Å². The number of aryl methyl sites for hydroxylation is 2. The average molecular weight is 252 g/mol. The summed E-state index contributed by atoms with van der Waals surface area (Å²) >= 11 is 1.87. The Labute approximate surface area is 107 Å². The monoisotopic (exact) mass is 252 g/mol. The normalized spacial score (nSPS) is 17.4. The fourth-order valence-corrected chi connectivity index (χ4v) is 3.45. The lowest BCUT2D eigenvalue weighted by Gasteiger charge is -2.22. The molecule has 0 aromatic carbocycles. The Bertz CT molecular complexity index is 389. The van der Waals surface area contributed by atoms with Gasteiger partial charge in [0.05, 0.1) is 0 Å². The van der Waals surface area contributed by atoms with Gasteiger partial charge in [0, 0.05) is 36.3 Å². The van der Waals surface area contributed by atoms with Gasteiger partial charge < -0.3 is 10.5 Å². The number of pyridine rings is 1. The van der Waals surface area contributed by atoms with E-state index in [-0.39, 0.29) is 0 Å². The molecule has 17 heavy (non-hydrogen) atoms. The Balaban J connectivity index is 2.18. The predicted molar refractivity (Wildman–Crippen MR) is 71.3 cm³/mol. The molecule has 1 aliphatic rings. The van der Waals surface area contributed by atoms with E-state index in [4.69, 9.17) is 10.5 Å². The molecule has 0 radical (unpaired) electrons. The first kappa shape index (κ1) is 12.9. The van der Waals surface area contributed by atoms with E-state index in [9.17, 15) is 0 Å². The van der Waals surface area contributed by atoms with Crippen molar-refractivity contribution in [3.8, 4) is 0 Å². The fraction of sp³-hybridized carbons (Fsp3) is 0.615. The molecular weight excluding hydrogens is 232 g/mol. The van der Waals surface area contributed by atoms with E-state index in [0.29, 0.717) is 11.8 Å². The number of hydrogen-bond donors (Lipinski definition) is 1. The van der Waals surface area contributed by atoms with Gasteiger partial charge in [0.15, 0.2) is 0 Å². The highest BCUT2D eigenvalue weighted by Crippen LogP contribution is 2.32. The Morgan fingerprint density at radius 3 is 2.76 bits per heavy atom. The third-order valence-electron chi connectivity index (χ3n) is 3.09. The SMILES string of the molecule is Cc1cc(C)c(CN)c(SC2CCOCC2)n1. The van der Waals surface area contributed by atoms with Gasteiger partial charge in [-0.05, 0) is 38.3 Å². The second kappa shape index (κ2) is 5.85. The van der Waals surface area contributed by atoms with Crippen LogP contribution in [0.5, 0.6) is 0 Å². The van der Waals surface area contributed by atoms with E-state index in [1.165, 1.54) is 11.1 Å². The van der Waals surface area contributed by atoms with E-state index < -0.39 is 0 Å². The molecule has 1 fully saturated rings. The van der Waals surface area contributed by atoms with Gasteiger partial charge in [0.2, 0.25) is 0 Å². The topological polar surface area (TPSA) is 48.1 Å². The summed E-state index contributed by atoms with van der Waals surface area (Å²) in [4.78, 5) is 4.64. The zero-order valence-corrected chi connectivity index (χ0v) is 11.3. The molecule has 0 aliphatic carbocycles. The minimum absolute atomic E-state index is 0.574. The van der Waals surface area contributed by atoms with Crippen molar-refractivity contribution in [2.45, 2.75) is 43.5 Å². The van der Waals surface area contributed by atoms with Crippen LogP contribution in [-0.2, 0) is 11.3 Å². The van der Waals surface area contributed by atoms with Gasteiger partial charge in [0.1, 0.15) is 5.03 Å². The van der Waals surface area contributed by atoms with Gasteiger partial charge in [-0.1, -0.05) is 0 Å². The molecule has 1 aromatic rings. The van der Waals surface area contributed by atoms with Gasteiger partial charge in [0.25, 0.3) is 0 Å². The third kappa shape index (κ3) is 3.21. The van der Waals surface area contributed by atoms with Crippen molar-refractivity contribution >= 4 is 11.8 Å². The molecule has 3 nitrogen and oxygen atoms in total. The zero-order chi connectivity index (χ0) is 12.3. The molecule has 0 saturated carbocycles. The summed E-state index contributed by atoms with van der Waals surface area (Å²) in [5.74, 6) is 0. The lowest BCUT2D eigenvalue weighted by molar-refractivity contribution is 0.1000. The predicted octanol–water partition coefficient (Wildman–Crippen LogP) is 2.43. The molecule has 0 bridgehead atoms. The number of aromatic nitrogens is 1. The smallest absolute Gasteiger partial charge is 0.101 e. The lowest BCUT2D eigenvalue weighted by Crippen LogP contribution is -2.18. The first-order valence-corrected chi connectivity index (χ1v) is 7.00. The second-order valence-corrected chi connectivity index (χ2v) is 5.79. The van der Waals surface area contributed by atoms with Crippen molar-refractivity contribution < 1.29 is 4.74 Å². The maximum atomic E-state index is 5.83. The van der Waals surface area contributed by atoms with Crippen LogP contribution < -0.4 is 5.73 Å². The van der Waals surface area contributed by atoms with Crippen molar-refractivity contribution in [3.05, 3.63) is 22.9 Å². The zero-order valence-electron chi connectivity index (χ0n) is 10.5. The molecule has 4 heteroatoms. The van der Waals surface area contributed by atoms with Gasteiger partial charge in [-0.2, -0.15) is 0 Å². The molecule has 0 spiro atoms. The Morgan fingerprint density at radius 2 is 2.12 bits per heavy atom.